The number of pyridine rings is 1. The molecule has 2 aromatic carbocycles. The van der Waals surface area contributed by atoms with Gasteiger partial charge in [-0.2, -0.15) is 5.26 Å². The average molecular weight is 476 g/mol. The molecule has 7 nitrogen and oxygen atoms in total. The Morgan fingerprint density at radius 3 is 2.46 bits per heavy atom. The van der Waals surface area contributed by atoms with Gasteiger partial charge in [-0.1, -0.05) is 12.1 Å². The molecule has 1 aliphatic rings. The van der Waals surface area contributed by atoms with E-state index in [0.29, 0.717) is 30.5 Å². The van der Waals surface area contributed by atoms with E-state index in [1.54, 1.807) is 12.1 Å². The first-order valence-electron chi connectivity index (χ1n) is 11.8. The molecule has 3 N–H and O–H groups in total. The molecule has 0 bridgehead atoms. The Morgan fingerprint density at radius 1 is 1.11 bits per heavy atom. The second-order valence-corrected chi connectivity index (χ2v) is 9.63. The Bertz CT molecular complexity index is 1330. The third-order valence-corrected chi connectivity index (χ3v) is 6.86. The van der Waals surface area contributed by atoms with Gasteiger partial charge in [-0.05, 0) is 69.1 Å². The van der Waals surface area contributed by atoms with Crippen molar-refractivity contribution in [3.8, 4) is 6.07 Å². The number of aromatic amines is 1. The second kappa shape index (κ2) is 9.88. The molecule has 3 aromatic rings. The molecule has 1 aliphatic heterocycles. The molecule has 0 aliphatic carbocycles. The molecule has 0 atom stereocenters. The summed E-state index contributed by atoms with van der Waals surface area (Å²) >= 11 is 0. The first-order valence-corrected chi connectivity index (χ1v) is 11.8. The van der Waals surface area contributed by atoms with Gasteiger partial charge in [-0.3, -0.25) is 14.5 Å². The van der Waals surface area contributed by atoms with Gasteiger partial charge in [0.05, 0.1) is 22.4 Å². The van der Waals surface area contributed by atoms with Crippen LogP contribution in [0.1, 0.15) is 37.1 Å². The molecular formula is C27H30FN5O2. The number of amides is 1. The summed E-state index contributed by atoms with van der Waals surface area (Å²) in [7, 11) is 0. The molecular weight excluding hydrogens is 445 g/mol. The summed E-state index contributed by atoms with van der Waals surface area (Å²) < 4.78 is 13.6. The number of H-pyrrole nitrogens is 1. The molecule has 2 heterocycles. The maximum atomic E-state index is 13.6. The minimum absolute atomic E-state index is 0.0876. The van der Waals surface area contributed by atoms with E-state index in [0.717, 1.165) is 37.3 Å². The smallest absolute Gasteiger partial charge is 0.256 e. The zero-order valence-electron chi connectivity index (χ0n) is 20.1. The largest absolute Gasteiger partial charge is 0.398 e. The number of hydrogen-bond donors (Lipinski definition) is 2. The first kappa shape index (κ1) is 24.4. The number of nitrogen functional groups attached to an aromatic ring is 1. The lowest BCUT2D eigenvalue weighted by Gasteiger charge is -2.38. The lowest BCUT2D eigenvalue weighted by Crippen LogP contribution is -2.53. The van der Waals surface area contributed by atoms with Crippen molar-refractivity contribution in [3.05, 3.63) is 75.5 Å². The molecule has 182 valence electrons. The number of halogens is 1. The highest BCUT2D eigenvalue weighted by Crippen LogP contribution is 2.27. The summed E-state index contributed by atoms with van der Waals surface area (Å²) in [6.07, 6.45) is 1.51. The number of anilines is 1. The van der Waals surface area contributed by atoms with Crippen LogP contribution in [0.15, 0.2) is 47.3 Å². The number of benzene rings is 2. The molecule has 35 heavy (non-hydrogen) atoms. The predicted molar refractivity (Wildman–Crippen MR) is 134 cm³/mol. The normalized spacial score (nSPS) is 14.7. The highest BCUT2D eigenvalue weighted by molar-refractivity contribution is 5.92. The first-order chi connectivity index (χ1) is 16.7. The minimum atomic E-state index is -0.664. The molecule has 1 amide bonds. The number of aromatic nitrogens is 1. The van der Waals surface area contributed by atoms with Crippen molar-refractivity contribution >= 4 is 22.4 Å². The van der Waals surface area contributed by atoms with Gasteiger partial charge in [0, 0.05) is 42.9 Å². The Balaban J connectivity index is 1.30. The van der Waals surface area contributed by atoms with Crippen molar-refractivity contribution in [2.75, 3.05) is 38.5 Å². The third kappa shape index (κ3) is 5.20. The second-order valence-electron chi connectivity index (χ2n) is 9.63. The van der Waals surface area contributed by atoms with Crippen molar-refractivity contribution in [1.29, 1.82) is 5.26 Å². The highest BCUT2D eigenvalue weighted by atomic mass is 19.1. The summed E-state index contributed by atoms with van der Waals surface area (Å²) in [5.74, 6) is -0.434. The number of carbonyl (C=O) groups is 1. The number of aryl methyl sites for hydroxylation is 1. The monoisotopic (exact) mass is 475 g/mol. The summed E-state index contributed by atoms with van der Waals surface area (Å²) in [5, 5.41) is 9.84. The fourth-order valence-electron chi connectivity index (χ4n) is 4.69. The molecule has 1 saturated heterocycles. The van der Waals surface area contributed by atoms with Crippen LogP contribution in [0.25, 0.3) is 10.8 Å². The van der Waals surface area contributed by atoms with Crippen LogP contribution < -0.4 is 11.3 Å². The van der Waals surface area contributed by atoms with Crippen molar-refractivity contribution < 1.29 is 9.18 Å². The van der Waals surface area contributed by atoms with Gasteiger partial charge >= 0.3 is 0 Å². The van der Waals surface area contributed by atoms with E-state index in [2.05, 4.69) is 16.0 Å². The Hall–Kier alpha value is -3.70. The number of rotatable bonds is 6. The predicted octanol–water partition coefficient (Wildman–Crippen LogP) is 3.18. The topological polar surface area (TPSA) is 106 Å². The number of nitrogens with zero attached hydrogens (tertiary/aromatic N) is 3. The van der Waals surface area contributed by atoms with E-state index in [1.165, 1.54) is 12.1 Å². The fourth-order valence-corrected chi connectivity index (χ4v) is 4.69. The third-order valence-electron chi connectivity index (χ3n) is 6.86. The molecule has 0 radical (unpaired) electrons. The Kier molecular flexibility index (Phi) is 6.90. The lowest BCUT2D eigenvalue weighted by atomic mass is 9.82. The SMILES string of the molecule is CC(C)(C(=O)N1CCN(CCCc2cc3c(N)cc(F)cc3c(=O)[nH]2)CC1)c1ccc(C#N)cc1. The zero-order chi connectivity index (χ0) is 25.2. The van der Waals surface area contributed by atoms with E-state index >= 15 is 0 Å². The number of nitriles is 1. The van der Waals surface area contributed by atoms with Crippen LogP contribution in [0.2, 0.25) is 0 Å². The molecule has 0 spiro atoms. The average Bonchev–Trinajstić information content (AvgIpc) is 2.85. The maximum Gasteiger partial charge on any atom is 0.256 e. The van der Waals surface area contributed by atoms with Crippen LogP contribution in [0, 0.1) is 17.1 Å². The van der Waals surface area contributed by atoms with E-state index in [9.17, 15) is 14.0 Å². The van der Waals surface area contributed by atoms with Crippen LogP contribution in [-0.4, -0.2) is 53.4 Å². The van der Waals surface area contributed by atoms with E-state index in [-0.39, 0.29) is 22.5 Å². The van der Waals surface area contributed by atoms with Crippen LogP contribution >= 0.6 is 0 Å². The molecule has 1 fully saturated rings. The number of fused-ring (bicyclic) bond motifs is 1. The minimum Gasteiger partial charge on any atom is -0.398 e. The standard InChI is InChI=1S/C27H30FN5O2/c1-27(2,19-7-5-18(17-29)6-8-19)26(35)33-12-10-32(11-13-33)9-3-4-21-16-22-23(25(34)31-21)14-20(28)15-24(22)30/h5-8,14-16H,3-4,9-13,30H2,1-2H3,(H,31,34). The van der Waals surface area contributed by atoms with E-state index in [1.807, 2.05) is 36.9 Å². The Morgan fingerprint density at radius 2 is 1.80 bits per heavy atom. The number of nitrogens with one attached hydrogen (secondary N) is 1. The quantitative estimate of drug-likeness (QED) is 0.533. The van der Waals surface area contributed by atoms with Crippen LogP contribution in [0.4, 0.5) is 10.1 Å². The van der Waals surface area contributed by atoms with Gasteiger partial charge in [0.2, 0.25) is 5.91 Å². The summed E-state index contributed by atoms with van der Waals surface area (Å²) in [5.41, 5.74) is 7.43. The lowest BCUT2D eigenvalue weighted by molar-refractivity contribution is -0.138. The van der Waals surface area contributed by atoms with Gasteiger partial charge < -0.3 is 15.6 Å². The van der Waals surface area contributed by atoms with Crippen molar-refractivity contribution in [1.82, 2.24) is 14.8 Å². The molecule has 4 rings (SSSR count). The number of hydrogen-bond acceptors (Lipinski definition) is 5. The van der Waals surface area contributed by atoms with Crippen LogP contribution in [0.5, 0.6) is 0 Å². The summed E-state index contributed by atoms with van der Waals surface area (Å²) in [4.78, 5) is 32.7. The molecule has 8 heteroatoms. The maximum absolute atomic E-state index is 13.6. The summed E-state index contributed by atoms with van der Waals surface area (Å²) in [6.45, 7) is 7.59. The molecule has 0 saturated carbocycles. The van der Waals surface area contributed by atoms with Gasteiger partial charge in [-0.15, -0.1) is 0 Å². The van der Waals surface area contributed by atoms with E-state index < -0.39 is 11.2 Å². The van der Waals surface area contributed by atoms with Crippen molar-refractivity contribution in [2.24, 2.45) is 0 Å². The molecule has 1 aromatic heterocycles. The summed E-state index contributed by atoms with van der Waals surface area (Å²) in [6, 6.07) is 13.6. The van der Waals surface area contributed by atoms with Gasteiger partial charge in [0.15, 0.2) is 0 Å². The van der Waals surface area contributed by atoms with Crippen molar-refractivity contribution in [2.45, 2.75) is 32.1 Å². The zero-order valence-corrected chi connectivity index (χ0v) is 20.1. The van der Waals surface area contributed by atoms with Crippen LogP contribution in [0.3, 0.4) is 0 Å². The van der Waals surface area contributed by atoms with Gasteiger partial charge in [0.1, 0.15) is 5.82 Å². The number of piperazine rings is 1. The van der Waals surface area contributed by atoms with Crippen LogP contribution in [-0.2, 0) is 16.6 Å². The Labute approximate surface area is 204 Å². The van der Waals surface area contributed by atoms with Gasteiger partial charge in [0.25, 0.3) is 5.56 Å². The van der Waals surface area contributed by atoms with Crippen molar-refractivity contribution in [3.63, 3.8) is 0 Å². The number of carbonyl (C=O) groups excluding carboxylic acids is 1. The molecule has 0 unspecified atom stereocenters. The highest BCUT2D eigenvalue weighted by Gasteiger charge is 2.35. The number of nitrogens with two attached hydrogens (primary N) is 1. The fraction of sp³-hybridized carbons (Fsp3) is 0.370. The van der Waals surface area contributed by atoms with E-state index in [4.69, 9.17) is 11.0 Å². The van der Waals surface area contributed by atoms with Gasteiger partial charge in [-0.25, -0.2) is 4.39 Å².